The Hall–Kier alpha value is -2.90. The lowest BCUT2D eigenvalue weighted by Crippen LogP contribution is -2.29. The van der Waals surface area contributed by atoms with Gasteiger partial charge in [-0.1, -0.05) is 43.3 Å². The van der Waals surface area contributed by atoms with E-state index < -0.39 is 23.5 Å². The third-order valence-electron chi connectivity index (χ3n) is 6.07. The Morgan fingerprint density at radius 1 is 1.18 bits per heavy atom. The first-order chi connectivity index (χ1) is 16.3. The van der Waals surface area contributed by atoms with Crippen LogP contribution in [0.2, 0.25) is 0 Å². The summed E-state index contributed by atoms with van der Waals surface area (Å²) in [5.74, 6) is -2.32. The first-order valence-electron chi connectivity index (χ1n) is 11.3. The number of carbonyl (C=O) groups is 1. The summed E-state index contributed by atoms with van der Waals surface area (Å²) < 4.78 is 36.5. The molecule has 0 spiro atoms. The number of benzene rings is 3. The van der Waals surface area contributed by atoms with Gasteiger partial charge in [-0.25, -0.2) is 13.1 Å². The molecule has 0 fully saturated rings. The van der Waals surface area contributed by atoms with E-state index in [1.807, 2.05) is 49.4 Å². The first kappa shape index (κ1) is 24.2. The van der Waals surface area contributed by atoms with Gasteiger partial charge in [-0.15, -0.1) is 0 Å². The van der Waals surface area contributed by atoms with Gasteiger partial charge in [0, 0.05) is 25.1 Å². The maximum Gasteiger partial charge on any atom is 0.304 e. The number of para-hydroxylation sites is 1. The molecule has 0 amide bonds. The largest absolute Gasteiger partial charge is 0.488 e. The minimum atomic E-state index is -1.04. The molecule has 4 nitrogen and oxygen atoms in total. The molecule has 4 rings (SSSR count). The highest BCUT2D eigenvalue weighted by Gasteiger charge is 2.25. The molecule has 1 heterocycles. The maximum absolute atomic E-state index is 14.6. The van der Waals surface area contributed by atoms with Crippen LogP contribution in [-0.2, 0) is 11.3 Å². The number of carboxylic acid groups (broad SMARTS) is 1. The SMILES string of the molecule is CC[C@@H]1CN(Cc2cc(C(CC(=O)O)c3ccc(F)cc3F)ccc2C)Sc2ccccc2O1. The topological polar surface area (TPSA) is 49.8 Å². The highest BCUT2D eigenvalue weighted by atomic mass is 32.2. The van der Waals surface area contributed by atoms with Crippen molar-refractivity contribution in [1.29, 1.82) is 0 Å². The third-order valence-corrected chi connectivity index (χ3v) is 7.14. The van der Waals surface area contributed by atoms with Gasteiger partial charge in [0.25, 0.3) is 0 Å². The van der Waals surface area contributed by atoms with Crippen molar-refractivity contribution in [3.8, 4) is 5.75 Å². The van der Waals surface area contributed by atoms with Crippen molar-refractivity contribution < 1.29 is 23.4 Å². The summed E-state index contributed by atoms with van der Waals surface area (Å²) in [6.45, 7) is 5.45. The van der Waals surface area contributed by atoms with Gasteiger partial charge in [-0.05, 0) is 65.7 Å². The number of hydrogen-bond acceptors (Lipinski definition) is 4. The van der Waals surface area contributed by atoms with Crippen molar-refractivity contribution in [3.05, 3.63) is 94.6 Å². The average Bonchev–Trinajstić information content (AvgIpc) is 2.98. The zero-order chi connectivity index (χ0) is 24.2. The molecule has 0 radical (unpaired) electrons. The molecule has 0 saturated heterocycles. The molecule has 3 aromatic rings. The van der Waals surface area contributed by atoms with Gasteiger partial charge in [-0.3, -0.25) is 4.79 Å². The zero-order valence-electron chi connectivity index (χ0n) is 19.1. The van der Waals surface area contributed by atoms with Gasteiger partial charge in [0.15, 0.2) is 0 Å². The molecule has 1 aliphatic rings. The van der Waals surface area contributed by atoms with E-state index in [2.05, 4.69) is 11.2 Å². The van der Waals surface area contributed by atoms with Crippen LogP contribution in [0, 0.1) is 18.6 Å². The van der Waals surface area contributed by atoms with E-state index in [1.54, 1.807) is 11.9 Å². The van der Waals surface area contributed by atoms with Crippen molar-refractivity contribution >= 4 is 17.9 Å². The number of halogens is 2. The van der Waals surface area contributed by atoms with Crippen LogP contribution < -0.4 is 4.74 Å². The first-order valence-corrected chi connectivity index (χ1v) is 12.1. The Balaban J connectivity index is 1.66. The summed E-state index contributed by atoms with van der Waals surface area (Å²) in [6, 6.07) is 17.0. The van der Waals surface area contributed by atoms with Gasteiger partial charge < -0.3 is 9.84 Å². The summed E-state index contributed by atoms with van der Waals surface area (Å²) in [7, 11) is 0. The number of aliphatic carboxylic acids is 1. The molecule has 1 N–H and O–H groups in total. The standard InChI is InChI=1S/C27H27F2NO3S/c1-3-21-16-30(34-26-7-5-4-6-25(26)33-21)15-19-12-18(9-8-17(19)2)23(14-27(31)32)22-11-10-20(28)13-24(22)29/h4-13,21,23H,3,14-16H2,1-2H3,(H,31,32)/t21-,23?/m1/s1. The van der Waals surface area contributed by atoms with E-state index in [0.717, 1.165) is 40.8 Å². The monoisotopic (exact) mass is 483 g/mol. The van der Waals surface area contributed by atoms with Crippen LogP contribution in [0.1, 0.15) is 47.9 Å². The van der Waals surface area contributed by atoms with Crippen molar-refractivity contribution in [2.24, 2.45) is 0 Å². The molecule has 1 unspecified atom stereocenters. The molecule has 0 saturated carbocycles. The van der Waals surface area contributed by atoms with Crippen LogP contribution in [0.25, 0.3) is 0 Å². The van der Waals surface area contributed by atoms with E-state index in [1.165, 1.54) is 12.1 Å². The number of hydrogen-bond donors (Lipinski definition) is 1. The van der Waals surface area contributed by atoms with Crippen LogP contribution >= 0.6 is 11.9 Å². The van der Waals surface area contributed by atoms with Crippen molar-refractivity contribution in [3.63, 3.8) is 0 Å². The van der Waals surface area contributed by atoms with Gasteiger partial charge in [-0.2, -0.15) is 0 Å². The Morgan fingerprint density at radius 3 is 2.71 bits per heavy atom. The van der Waals surface area contributed by atoms with Crippen LogP contribution in [0.4, 0.5) is 8.78 Å². The molecule has 0 aliphatic carbocycles. The van der Waals surface area contributed by atoms with Crippen molar-refractivity contribution in [2.45, 2.75) is 50.2 Å². The lowest BCUT2D eigenvalue weighted by Gasteiger charge is -2.24. The van der Waals surface area contributed by atoms with Crippen molar-refractivity contribution in [1.82, 2.24) is 4.31 Å². The highest BCUT2D eigenvalue weighted by Crippen LogP contribution is 2.38. The molecular weight excluding hydrogens is 456 g/mol. The minimum absolute atomic E-state index is 0.0488. The van der Waals surface area contributed by atoms with Crippen LogP contribution in [0.15, 0.2) is 65.6 Å². The molecule has 2 atom stereocenters. The molecular formula is C27H27F2NO3S. The number of fused-ring (bicyclic) bond motifs is 1. The Kier molecular flexibility index (Phi) is 7.54. The number of ether oxygens (including phenoxy) is 1. The lowest BCUT2D eigenvalue weighted by atomic mass is 9.86. The fourth-order valence-corrected chi connectivity index (χ4v) is 5.26. The van der Waals surface area contributed by atoms with E-state index in [-0.39, 0.29) is 18.1 Å². The number of nitrogens with zero attached hydrogens (tertiary/aromatic N) is 1. The Morgan fingerprint density at radius 2 is 1.97 bits per heavy atom. The summed E-state index contributed by atoms with van der Waals surface area (Å²) in [6.07, 6.45) is 0.630. The zero-order valence-corrected chi connectivity index (χ0v) is 19.9. The molecule has 3 aromatic carbocycles. The molecule has 7 heteroatoms. The predicted octanol–water partition coefficient (Wildman–Crippen LogP) is 6.56. The second kappa shape index (κ2) is 10.6. The minimum Gasteiger partial charge on any atom is -0.488 e. The summed E-state index contributed by atoms with van der Waals surface area (Å²) >= 11 is 1.64. The van der Waals surface area contributed by atoms with Crippen LogP contribution in [0.3, 0.4) is 0 Å². The molecule has 0 bridgehead atoms. The third kappa shape index (κ3) is 5.59. The van der Waals surface area contributed by atoms with Crippen LogP contribution in [-0.4, -0.2) is 28.0 Å². The van der Waals surface area contributed by atoms with E-state index in [9.17, 15) is 18.7 Å². The average molecular weight is 484 g/mol. The summed E-state index contributed by atoms with van der Waals surface area (Å²) in [5.41, 5.74) is 2.95. The molecule has 1 aliphatic heterocycles. The van der Waals surface area contributed by atoms with E-state index in [4.69, 9.17) is 4.74 Å². The predicted molar refractivity (Wildman–Crippen MR) is 129 cm³/mol. The number of rotatable bonds is 7. The number of aryl methyl sites for hydroxylation is 1. The highest BCUT2D eigenvalue weighted by molar-refractivity contribution is 7.97. The van der Waals surface area contributed by atoms with Crippen molar-refractivity contribution in [2.75, 3.05) is 6.54 Å². The fraction of sp³-hybridized carbons (Fsp3) is 0.296. The second-order valence-corrected chi connectivity index (χ2v) is 9.65. The summed E-state index contributed by atoms with van der Waals surface area (Å²) in [4.78, 5) is 12.7. The van der Waals surface area contributed by atoms with Gasteiger partial charge in [0.05, 0.1) is 11.3 Å². The van der Waals surface area contributed by atoms with Gasteiger partial charge in [0.1, 0.15) is 23.5 Å². The van der Waals surface area contributed by atoms with E-state index >= 15 is 0 Å². The fourth-order valence-electron chi connectivity index (χ4n) is 4.19. The second-order valence-electron chi connectivity index (χ2n) is 8.51. The Labute approximate surface area is 202 Å². The molecule has 0 aromatic heterocycles. The summed E-state index contributed by atoms with van der Waals surface area (Å²) in [5, 5.41) is 9.50. The normalized spacial score (nSPS) is 16.9. The Bertz CT molecular complexity index is 1190. The molecule has 34 heavy (non-hydrogen) atoms. The quantitative estimate of drug-likeness (QED) is 0.386. The van der Waals surface area contributed by atoms with Gasteiger partial charge >= 0.3 is 5.97 Å². The smallest absolute Gasteiger partial charge is 0.304 e. The lowest BCUT2D eigenvalue weighted by molar-refractivity contribution is -0.137. The van der Waals surface area contributed by atoms with E-state index in [0.29, 0.717) is 12.1 Å². The number of carboxylic acids is 1. The van der Waals surface area contributed by atoms with Gasteiger partial charge in [0.2, 0.25) is 0 Å². The van der Waals surface area contributed by atoms with Crippen LogP contribution in [0.5, 0.6) is 5.75 Å². The molecule has 178 valence electrons. The maximum atomic E-state index is 14.6.